The van der Waals surface area contributed by atoms with Gasteiger partial charge < -0.3 is 5.73 Å². The summed E-state index contributed by atoms with van der Waals surface area (Å²) in [6, 6.07) is 2.36. The van der Waals surface area contributed by atoms with Crippen LogP contribution in [0.4, 0.5) is 0 Å². The highest BCUT2D eigenvalue weighted by molar-refractivity contribution is 5.09. The third-order valence-corrected chi connectivity index (χ3v) is 5.79. The van der Waals surface area contributed by atoms with Crippen molar-refractivity contribution in [3.8, 4) is 0 Å². The predicted octanol–water partition coefficient (Wildman–Crippen LogP) is 2.06. The summed E-state index contributed by atoms with van der Waals surface area (Å²) in [5.41, 5.74) is 6.56. The van der Waals surface area contributed by atoms with Gasteiger partial charge in [0.1, 0.15) is 0 Å². The topological polar surface area (TPSA) is 32.5 Å². The summed E-state index contributed by atoms with van der Waals surface area (Å²) in [7, 11) is 0. The zero-order chi connectivity index (χ0) is 13.6. The summed E-state index contributed by atoms with van der Waals surface area (Å²) in [6.45, 7) is 10.5. The van der Waals surface area contributed by atoms with Crippen molar-refractivity contribution < 1.29 is 0 Å². The standard InChI is InChI=1S/C16H31N3/c1-12(2)15-5-4-8-19(15)16(10-17)9-13(3)18(11-16)14-6-7-14/h12-15H,4-11,17H2,1-3H3. The molecule has 0 aromatic carbocycles. The summed E-state index contributed by atoms with van der Waals surface area (Å²) in [5, 5.41) is 0. The first-order valence-corrected chi connectivity index (χ1v) is 8.30. The van der Waals surface area contributed by atoms with Crippen molar-refractivity contribution in [2.45, 2.75) is 76.5 Å². The third-order valence-electron chi connectivity index (χ3n) is 5.79. The van der Waals surface area contributed by atoms with Crippen LogP contribution in [0.1, 0.15) is 52.9 Å². The molecule has 3 rings (SSSR count). The molecular formula is C16H31N3. The van der Waals surface area contributed by atoms with Gasteiger partial charge in [0, 0.05) is 36.8 Å². The maximum atomic E-state index is 6.29. The highest BCUT2D eigenvalue weighted by Crippen LogP contribution is 2.42. The van der Waals surface area contributed by atoms with Crippen molar-refractivity contribution >= 4 is 0 Å². The second kappa shape index (κ2) is 5.01. The largest absolute Gasteiger partial charge is 0.329 e. The molecule has 1 saturated carbocycles. The highest BCUT2D eigenvalue weighted by Gasteiger charge is 2.51. The smallest absolute Gasteiger partial charge is 0.0476 e. The Kier molecular flexibility index (Phi) is 3.65. The molecule has 0 bridgehead atoms. The van der Waals surface area contributed by atoms with E-state index in [1.54, 1.807) is 0 Å². The van der Waals surface area contributed by atoms with E-state index in [-0.39, 0.29) is 5.54 Å². The Morgan fingerprint density at radius 2 is 2.00 bits per heavy atom. The number of rotatable bonds is 4. The van der Waals surface area contributed by atoms with Gasteiger partial charge in [0.25, 0.3) is 0 Å². The van der Waals surface area contributed by atoms with Crippen LogP contribution < -0.4 is 5.73 Å². The molecule has 2 N–H and O–H groups in total. The van der Waals surface area contributed by atoms with Crippen molar-refractivity contribution in [3.63, 3.8) is 0 Å². The normalized spacial score (nSPS) is 41.5. The lowest BCUT2D eigenvalue weighted by Crippen LogP contribution is -2.58. The molecule has 0 aromatic rings. The van der Waals surface area contributed by atoms with E-state index in [0.717, 1.165) is 30.6 Å². The van der Waals surface area contributed by atoms with Crippen LogP contribution in [0.5, 0.6) is 0 Å². The van der Waals surface area contributed by atoms with E-state index in [9.17, 15) is 0 Å². The molecule has 3 heteroatoms. The maximum Gasteiger partial charge on any atom is 0.0476 e. The van der Waals surface area contributed by atoms with Crippen molar-refractivity contribution in [1.82, 2.24) is 9.80 Å². The van der Waals surface area contributed by atoms with Crippen LogP contribution >= 0.6 is 0 Å². The second-order valence-electron chi connectivity index (χ2n) is 7.53. The van der Waals surface area contributed by atoms with Crippen LogP contribution in [0.3, 0.4) is 0 Å². The van der Waals surface area contributed by atoms with Gasteiger partial charge in [-0.1, -0.05) is 13.8 Å². The van der Waals surface area contributed by atoms with E-state index in [2.05, 4.69) is 30.6 Å². The first-order chi connectivity index (χ1) is 9.07. The van der Waals surface area contributed by atoms with Crippen LogP contribution in [0.2, 0.25) is 0 Å². The first kappa shape index (κ1) is 13.8. The van der Waals surface area contributed by atoms with Crippen LogP contribution in [0.15, 0.2) is 0 Å². The predicted molar refractivity (Wildman–Crippen MR) is 80.2 cm³/mol. The zero-order valence-electron chi connectivity index (χ0n) is 12.9. The Balaban J connectivity index is 1.79. The zero-order valence-corrected chi connectivity index (χ0v) is 12.9. The molecule has 2 saturated heterocycles. The SMILES string of the molecule is CC(C)C1CCCN1C1(CN)CC(C)N(C2CC2)C1. The molecule has 19 heavy (non-hydrogen) atoms. The highest BCUT2D eigenvalue weighted by atomic mass is 15.4. The Morgan fingerprint density at radius 1 is 1.26 bits per heavy atom. The van der Waals surface area contributed by atoms with Crippen LogP contribution in [0.25, 0.3) is 0 Å². The van der Waals surface area contributed by atoms with Crippen molar-refractivity contribution in [2.24, 2.45) is 11.7 Å². The number of hydrogen-bond donors (Lipinski definition) is 1. The molecule has 2 aliphatic heterocycles. The minimum Gasteiger partial charge on any atom is -0.329 e. The fourth-order valence-corrected chi connectivity index (χ4v) is 4.67. The lowest BCUT2D eigenvalue weighted by molar-refractivity contribution is 0.0643. The Morgan fingerprint density at radius 3 is 2.58 bits per heavy atom. The van der Waals surface area contributed by atoms with Crippen molar-refractivity contribution in [2.75, 3.05) is 19.6 Å². The van der Waals surface area contributed by atoms with Crippen LogP contribution in [-0.4, -0.2) is 53.1 Å². The monoisotopic (exact) mass is 265 g/mol. The molecule has 0 radical (unpaired) electrons. The molecule has 3 aliphatic rings. The summed E-state index contributed by atoms with van der Waals surface area (Å²) in [6.07, 6.45) is 6.85. The Labute approximate surface area is 118 Å². The minimum absolute atomic E-state index is 0.271. The van der Waals surface area contributed by atoms with E-state index in [1.807, 2.05) is 0 Å². The molecule has 3 unspecified atom stereocenters. The van der Waals surface area contributed by atoms with Gasteiger partial charge in [0.05, 0.1) is 0 Å². The summed E-state index contributed by atoms with van der Waals surface area (Å²) >= 11 is 0. The van der Waals surface area contributed by atoms with Crippen LogP contribution in [0, 0.1) is 5.92 Å². The molecule has 3 nitrogen and oxygen atoms in total. The summed E-state index contributed by atoms with van der Waals surface area (Å²) in [4.78, 5) is 5.55. The number of nitrogens with two attached hydrogens (primary N) is 1. The average molecular weight is 265 g/mol. The van der Waals surface area contributed by atoms with Gasteiger partial charge in [-0.3, -0.25) is 9.80 Å². The molecular weight excluding hydrogens is 234 g/mol. The maximum absolute atomic E-state index is 6.29. The molecule has 0 spiro atoms. The number of likely N-dealkylation sites (tertiary alicyclic amines) is 2. The van der Waals surface area contributed by atoms with E-state index < -0.39 is 0 Å². The molecule has 3 fully saturated rings. The van der Waals surface area contributed by atoms with Gasteiger partial charge >= 0.3 is 0 Å². The van der Waals surface area contributed by atoms with Gasteiger partial charge in [0.15, 0.2) is 0 Å². The van der Waals surface area contributed by atoms with E-state index in [4.69, 9.17) is 5.73 Å². The quantitative estimate of drug-likeness (QED) is 0.844. The third kappa shape index (κ3) is 2.34. The van der Waals surface area contributed by atoms with E-state index in [0.29, 0.717) is 0 Å². The number of hydrogen-bond acceptors (Lipinski definition) is 3. The number of nitrogens with zero attached hydrogens (tertiary/aromatic N) is 2. The first-order valence-electron chi connectivity index (χ1n) is 8.30. The Bertz CT molecular complexity index is 326. The van der Waals surface area contributed by atoms with Crippen molar-refractivity contribution in [3.05, 3.63) is 0 Å². The molecule has 110 valence electrons. The van der Waals surface area contributed by atoms with Gasteiger partial charge in [-0.05, 0) is 51.5 Å². The lowest BCUT2D eigenvalue weighted by Gasteiger charge is -2.43. The molecule has 2 heterocycles. The summed E-state index contributed by atoms with van der Waals surface area (Å²) in [5.74, 6) is 0.760. The molecule has 0 aromatic heterocycles. The second-order valence-corrected chi connectivity index (χ2v) is 7.53. The summed E-state index contributed by atoms with van der Waals surface area (Å²) < 4.78 is 0. The van der Waals surface area contributed by atoms with E-state index >= 15 is 0 Å². The van der Waals surface area contributed by atoms with Gasteiger partial charge in [-0.25, -0.2) is 0 Å². The van der Waals surface area contributed by atoms with E-state index in [1.165, 1.54) is 45.2 Å². The van der Waals surface area contributed by atoms with Gasteiger partial charge in [-0.2, -0.15) is 0 Å². The molecule has 1 aliphatic carbocycles. The Hall–Kier alpha value is -0.120. The lowest BCUT2D eigenvalue weighted by atomic mass is 9.90. The van der Waals surface area contributed by atoms with Gasteiger partial charge in [-0.15, -0.1) is 0 Å². The minimum atomic E-state index is 0.271. The molecule has 0 amide bonds. The average Bonchev–Trinajstić information content (AvgIpc) is 2.98. The molecule has 3 atom stereocenters. The van der Waals surface area contributed by atoms with Crippen molar-refractivity contribution in [1.29, 1.82) is 0 Å². The van der Waals surface area contributed by atoms with Crippen LogP contribution in [-0.2, 0) is 0 Å². The fourth-order valence-electron chi connectivity index (χ4n) is 4.67. The van der Waals surface area contributed by atoms with Gasteiger partial charge in [0.2, 0.25) is 0 Å². The fraction of sp³-hybridized carbons (Fsp3) is 1.00.